The van der Waals surface area contributed by atoms with Gasteiger partial charge in [0.15, 0.2) is 0 Å². The number of carbonyl (C=O) groups is 2. The van der Waals surface area contributed by atoms with Gasteiger partial charge >= 0.3 is 0 Å². The highest BCUT2D eigenvalue weighted by Gasteiger charge is 2.06. The molecule has 2 aromatic rings. The number of benzene rings is 2. The average Bonchev–Trinajstić information content (AvgIpc) is 2.55. The summed E-state index contributed by atoms with van der Waals surface area (Å²) in [6.45, 7) is -0.147. The van der Waals surface area contributed by atoms with Crippen LogP contribution < -0.4 is 10.7 Å². The molecule has 0 aliphatic rings. The minimum Gasteiger partial charge on any atom is -0.343 e. The van der Waals surface area contributed by atoms with E-state index in [1.165, 1.54) is 6.21 Å². The Hall–Kier alpha value is -2.66. The summed E-state index contributed by atoms with van der Waals surface area (Å²) in [6, 6.07) is 15.7. The van der Waals surface area contributed by atoms with Gasteiger partial charge in [-0.3, -0.25) is 9.59 Å². The maximum Gasteiger partial charge on any atom is 0.259 e. The fourth-order valence-electron chi connectivity index (χ4n) is 1.62. The normalized spacial score (nSPS) is 10.4. The molecule has 2 amide bonds. The molecule has 0 bridgehead atoms. The summed E-state index contributed by atoms with van der Waals surface area (Å²) < 4.78 is 0. The van der Waals surface area contributed by atoms with E-state index in [1.807, 2.05) is 6.07 Å². The fraction of sp³-hybridized carbons (Fsp3) is 0.0625. The first-order chi connectivity index (χ1) is 10.6. The lowest BCUT2D eigenvalue weighted by Gasteiger charge is -2.03. The maximum absolute atomic E-state index is 11.7. The summed E-state index contributed by atoms with van der Waals surface area (Å²) in [6.07, 6.45) is 1.49. The zero-order valence-electron chi connectivity index (χ0n) is 11.6. The molecule has 0 unspecified atom stereocenters. The number of halogens is 1. The van der Waals surface area contributed by atoms with Crippen molar-refractivity contribution in [3.8, 4) is 0 Å². The molecular weight excluding hydrogens is 302 g/mol. The molecule has 0 fully saturated rings. The highest BCUT2D eigenvalue weighted by atomic mass is 35.5. The van der Waals surface area contributed by atoms with Crippen molar-refractivity contribution in [2.45, 2.75) is 0 Å². The predicted molar refractivity (Wildman–Crippen MR) is 86.0 cm³/mol. The number of hydrogen-bond donors (Lipinski definition) is 2. The van der Waals surface area contributed by atoms with Gasteiger partial charge in [0.2, 0.25) is 0 Å². The van der Waals surface area contributed by atoms with E-state index in [0.29, 0.717) is 10.6 Å². The third kappa shape index (κ3) is 5.03. The van der Waals surface area contributed by atoms with E-state index in [9.17, 15) is 9.59 Å². The smallest absolute Gasteiger partial charge is 0.259 e. The molecule has 2 rings (SSSR count). The van der Waals surface area contributed by atoms with Crippen molar-refractivity contribution in [3.05, 3.63) is 70.7 Å². The van der Waals surface area contributed by atoms with Gasteiger partial charge < -0.3 is 5.32 Å². The number of hydrogen-bond acceptors (Lipinski definition) is 3. The van der Waals surface area contributed by atoms with Crippen LogP contribution in [0.2, 0.25) is 5.02 Å². The molecule has 2 N–H and O–H groups in total. The van der Waals surface area contributed by atoms with Crippen molar-refractivity contribution in [1.82, 2.24) is 10.7 Å². The van der Waals surface area contributed by atoms with Gasteiger partial charge in [-0.05, 0) is 29.8 Å². The Morgan fingerprint density at radius 3 is 2.41 bits per heavy atom. The van der Waals surface area contributed by atoms with Gasteiger partial charge in [0.05, 0.1) is 12.8 Å². The molecule has 2 aromatic carbocycles. The summed E-state index contributed by atoms with van der Waals surface area (Å²) in [5.74, 6) is -0.716. The van der Waals surface area contributed by atoms with Gasteiger partial charge in [-0.15, -0.1) is 0 Å². The highest BCUT2D eigenvalue weighted by Crippen LogP contribution is 2.07. The zero-order chi connectivity index (χ0) is 15.8. The zero-order valence-corrected chi connectivity index (χ0v) is 12.4. The molecule has 0 aliphatic carbocycles. The molecular formula is C16H14ClN3O2. The van der Waals surface area contributed by atoms with Crippen molar-refractivity contribution >= 4 is 29.6 Å². The molecule has 0 radical (unpaired) electrons. The Bertz CT molecular complexity index is 670. The van der Waals surface area contributed by atoms with E-state index in [1.54, 1.807) is 48.5 Å². The lowest BCUT2D eigenvalue weighted by molar-refractivity contribution is -0.120. The lowest BCUT2D eigenvalue weighted by atomic mass is 10.2. The SMILES string of the molecule is O=C(CNC(=O)c1ccccc1)NN=Cc1ccc(Cl)cc1. The highest BCUT2D eigenvalue weighted by molar-refractivity contribution is 6.30. The van der Waals surface area contributed by atoms with Crippen LogP contribution in [-0.4, -0.2) is 24.6 Å². The Morgan fingerprint density at radius 1 is 1.05 bits per heavy atom. The van der Waals surface area contributed by atoms with E-state index in [2.05, 4.69) is 15.8 Å². The van der Waals surface area contributed by atoms with Crippen molar-refractivity contribution in [1.29, 1.82) is 0 Å². The van der Waals surface area contributed by atoms with Gasteiger partial charge in [-0.1, -0.05) is 41.9 Å². The molecule has 0 saturated carbocycles. The molecule has 112 valence electrons. The second-order valence-corrected chi connectivity index (χ2v) is 4.83. The average molecular weight is 316 g/mol. The van der Waals surface area contributed by atoms with Crippen LogP contribution in [0.4, 0.5) is 0 Å². The maximum atomic E-state index is 11.7. The van der Waals surface area contributed by atoms with Crippen LogP contribution in [0.15, 0.2) is 59.7 Å². The van der Waals surface area contributed by atoms with Crippen molar-refractivity contribution in [3.63, 3.8) is 0 Å². The Balaban J connectivity index is 1.76. The molecule has 6 heteroatoms. The number of amides is 2. The van der Waals surface area contributed by atoms with Crippen molar-refractivity contribution in [2.75, 3.05) is 6.54 Å². The first-order valence-corrected chi connectivity index (χ1v) is 6.93. The Kier molecular flexibility index (Phi) is 5.68. The van der Waals surface area contributed by atoms with Gasteiger partial charge in [0.1, 0.15) is 0 Å². The van der Waals surface area contributed by atoms with Gasteiger partial charge in [-0.2, -0.15) is 5.10 Å². The minimum atomic E-state index is -0.408. The third-order valence-corrected chi connectivity index (χ3v) is 2.97. The van der Waals surface area contributed by atoms with Crippen LogP contribution in [0.3, 0.4) is 0 Å². The van der Waals surface area contributed by atoms with Crippen LogP contribution in [0, 0.1) is 0 Å². The third-order valence-electron chi connectivity index (χ3n) is 2.72. The summed E-state index contributed by atoms with van der Waals surface area (Å²) in [4.78, 5) is 23.3. The standard InChI is InChI=1S/C16H14ClN3O2/c17-14-8-6-12(7-9-14)10-19-20-15(21)11-18-16(22)13-4-2-1-3-5-13/h1-10H,11H2,(H,18,22)(H,20,21). The molecule has 0 aliphatic heterocycles. The number of hydrazone groups is 1. The number of nitrogens with zero attached hydrogens (tertiary/aromatic N) is 1. The monoisotopic (exact) mass is 315 g/mol. The molecule has 0 heterocycles. The molecule has 0 saturated heterocycles. The fourth-order valence-corrected chi connectivity index (χ4v) is 1.75. The number of carbonyl (C=O) groups excluding carboxylic acids is 2. The first-order valence-electron chi connectivity index (χ1n) is 6.56. The van der Waals surface area contributed by atoms with E-state index in [0.717, 1.165) is 5.56 Å². The van der Waals surface area contributed by atoms with Gasteiger partial charge in [0.25, 0.3) is 11.8 Å². The lowest BCUT2D eigenvalue weighted by Crippen LogP contribution is -2.34. The van der Waals surface area contributed by atoms with Crippen molar-refractivity contribution in [2.24, 2.45) is 5.10 Å². The van der Waals surface area contributed by atoms with Crippen LogP contribution in [0.1, 0.15) is 15.9 Å². The second-order valence-electron chi connectivity index (χ2n) is 4.39. The van der Waals surface area contributed by atoms with Crippen LogP contribution >= 0.6 is 11.6 Å². The predicted octanol–water partition coefficient (Wildman–Crippen LogP) is 2.22. The van der Waals surface area contributed by atoms with Crippen LogP contribution in [-0.2, 0) is 4.79 Å². The van der Waals surface area contributed by atoms with Gasteiger partial charge in [0, 0.05) is 10.6 Å². The summed E-state index contributed by atoms with van der Waals surface area (Å²) >= 11 is 5.76. The van der Waals surface area contributed by atoms with E-state index in [4.69, 9.17) is 11.6 Å². The molecule has 5 nitrogen and oxygen atoms in total. The molecule has 0 aromatic heterocycles. The molecule has 0 spiro atoms. The van der Waals surface area contributed by atoms with E-state index >= 15 is 0 Å². The number of rotatable bonds is 5. The topological polar surface area (TPSA) is 70.6 Å². The number of nitrogens with one attached hydrogen (secondary N) is 2. The second kappa shape index (κ2) is 7.95. The van der Waals surface area contributed by atoms with E-state index in [-0.39, 0.29) is 12.5 Å². The summed E-state index contributed by atoms with van der Waals surface area (Å²) in [5, 5.41) is 6.94. The van der Waals surface area contributed by atoms with Gasteiger partial charge in [-0.25, -0.2) is 5.43 Å². The van der Waals surface area contributed by atoms with Crippen molar-refractivity contribution < 1.29 is 9.59 Å². The van der Waals surface area contributed by atoms with E-state index < -0.39 is 5.91 Å². The Morgan fingerprint density at radius 2 is 1.73 bits per heavy atom. The summed E-state index contributed by atoms with van der Waals surface area (Å²) in [7, 11) is 0. The quantitative estimate of drug-likeness (QED) is 0.656. The van der Waals surface area contributed by atoms with Crippen LogP contribution in [0.25, 0.3) is 0 Å². The first kappa shape index (κ1) is 15.7. The van der Waals surface area contributed by atoms with Crippen LogP contribution in [0.5, 0.6) is 0 Å². The Labute approximate surface area is 133 Å². The largest absolute Gasteiger partial charge is 0.343 e. The molecule has 0 atom stereocenters. The summed E-state index contributed by atoms with van der Waals surface area (Å²) in [5.41, 5.74) is 3.64. The minimum absolute atomic E-state index is 0.147. The molecule has 22 heavy (non-hydrogen) atoms.